The monoisotopic (exact) mass is 236 g/mol. The molecule has 1 aliphatic carbocycles. The van der Waals surface area contributed by atoms with Crippen LogP contribution >= 0.6 is 11.6 Å². The Kier molecular flexibility index (Phi) is 2.58. The summed E-state index contributed by atoms with van der Waals surface area (Å²) in [5, 5.41) is -0.0491. The summed E-state index contributed by atoms with van der Waals surface area (Å²) in [5.41, 5.74) is 1.13. The molecule has 0 atom stereocenters. The molecule has 2 nitrogen and oxygen atoms in total. The summed E-state index contributed by atoms with van der Waals surface area (Å²) >= 11 is 5.70. The van der Waals surface area contributed by atoms with Gasteiger partial charge in [-0.3, -0.25) is 0 Å². The molecule has 1 aromatic rings. The van der Waals surface area contributed by atoms with Crippen LogP contribution in [0.2, 0.25) is 5.15 Å². The highest BCUT2D eigenvalue weighted by Gasteiger charge is 2.36. The zero-order chi connectivity index (χ0) is 11.1. The Balaban J connectivity index is 2.50. The summed E-state index contributed by atoms with van der Waals surface area (Å²) in [7, 11) is 0. The van der Waals surface area contributed by atoms with Crippen molar-refractivity contribution in [2.24, 2.45) is 0 Å². The molecule has 82 valence electrons. The average Bonchev–Trinajstić information content (AvgIpc) is 2.16. The topological polar surface area (TPSA) is 25.8 Å². The van der Waals surface area contributed by atoms with Crippen LogP contribution in [0, 0.1) is 0 Å². The third kappa shape index (κ3) is 2.07. The largest absolute Gasteiger partial charge is 0.451 e. The molecule has 2 rings (SSSR count). The third-order valence-electron chi connectivity index (χ3n) is 2.39. The van der Waals surface area contributed by atoms with Crippen molar-refractivity contribution in [1.29, 1.82) is 0 Å². The summed E-state index contributed by atoms with van der Waals surface area (Å²) in [6, 6.07) is 0. The van der Waals surface area contributed by atoms with Crippen LogP contribution in [-0.4, -0.2) is 9.97 Å². The Hall–Kier alpha value is -0.840. The van der Waals surface area contributed by atoms with Gasteiger partial charge in [0.25, 0.3) is 0 Å². The first-order valence-corrected chi connectivity index (χ1v) is 4.99. The highest BCUT2D eigenvalue weighted by Crippen LogP contribution is 2.31. The molecule has 0 spiro atoms. The van der Waals surface area contributed by atoms with Crippen molar-refractivity contribution >= 4 is 11.6 Å². The number of aromatic nitrogens is 2. The molecule has 0 aromatic carbocycles. The minimum atomic E-state index is -4.52. The van der Waals surface area contributed by atoms with Gasteiger partial charge >= 0.3 is 6.18 Å². The molecule has 1 aliphatic rings. The van der Waals surface area contributed by atoms with Gasteiger partial charge in [0.2, 0.25) is 5.82 Å². The molecular weight excluding hydrogens is 229 g/mol. The number of hydrogen-bond acceptors (Lipinski definition) is 2. The number of alkyl halides is 3. The molecule has 6 heteroatoms. The lowest BCUT2D eigenvalue weighted by molar-refractivity contribution is -0.145. The molecule has 0 amide bonds. The van der Waals surface area contributed by atoms with Gasteiger partial charge in [0.05, 0.1) is 0 Å². The van der Waals surface area contributed by atoms with Crippen molar-refractivity contribution in [3.8, 4) is 0 Å². The van der Waals surface area contributed by atoms with Crippen LogP contribution in [0.5, 0.6) is 0 Å². The molecule has 0 unspecified atom stereocenters. The van der Waals surface area contributed by atoms with E-state index >= 15 is 0 Å². The molecule has 15 heavy (non-hydrogen) atoms. The molecule has 0 N–H and O–H groups in total. The minimum absolute atomic E-state index is 0.0491. The molecule has 0 saturated heterocycles. The Labute approximate surface area is 89.5 Å². The van der Waals surface area contributed by atoms with Crippen LogP contribution in [0.25, 0.3) is 0 Å². The predicted octanol–water partition coefficient (Wildman–Crippen LogP) is 3.03. The normalized spacial score (nSPS) is 16.3. The number of nitrogens with zero attached hydrogens (tertiary/aromatic N) is 2. The highest BCUT2D eigenvalue weighted by molar-refractivity contribution is 6.30. The molecule has 0 saturated carbocycles. The fourth-order valence-electron chi connectivity index (χ4n) is 1.68. The Bertz CT molecular complexity index is 390. The fraction of sp³-hybridized carbons (Fsp3) is 0.556. The van der Waals surface area contributed by atoms with Gasteiger partial charge in [-0.05, 0) is 25.7 Å². The number of halogens is 4. The van der Waals surface area contributed by atoms with Gasteiger partial charge in [-0.2, -0.15) is 13.2 Å². The first-order chi connectivity index (χ1) is 6.98. The van der Waals surface area contributed by atoms with Gasteiger partial charge in [0.1, 0.15) is 5.15 Å². The summed E-state index contributed by atoms with van der Waals surface area (Å²) in [4.78, 5) is 6.81. The van der Waals surface area contributed by atoms with E-state index in [1.807, 2.05) is 0 Å². The van der Waals surface area contributed by atoms with E-state index in [1.165, 1.54) is 0 Å². The first-order valence-electron chi connectivity index (χ1n) is 4.61. The number of aryl methyl sites for hydroxylation is 1. The molecule has 0 fully saturated rings. The van der Waals surface area contributed by atoms with Crippen molar-refractivity contribution in [3.05, 3.63) is 22.2 Å². The van der Waals surface area contributed by atoms with Crippen molar-refractivity contribution in [2.75, 3.05) is 0 Å². The molecule has 1 aromatic heterocycles. The molecule has 0 bridgehead atoms. The van der Waals surface area contributed by atoms with Crippen LogP contribution in [0.15, 0.2) is 0 Å². The zero-order valence-corrected chi connectivity index (χ0v) is 8.49. The summed E-state index contributed by atoms with van der Waals surface area (Å²) < 4.78 is 37.1. The van der Waals surface area contributed by atoms with Crippen LogP contribution in [-0.2, 0) is 19.0 Å². The maximum absolute atomic E-state index is 12.4. The van der Waals surface area contributed by atoms with Gasteiger partial charge in [0, 0.05) is 11.3 Å². The second kappa shape index (κ2) is 3.63. The van der Waals surface area contributed by atoms with Crippen LogP contribution in [0.4, 0.5) is 13.2 Å². The lowest BCUT2D eigenvalue weighted by Gasteiger charge is -2.17. The maximum Gasteiger partial charge on any atom is 0.451 e. The molecule has 1 heterocycles. The van der Waals surface area contributed by atoms with Crippen LogP contribution in [0.3, 0.4) is 0 Å². The van der Waals surface area contributed by atoms with E-state index in [9.17, 15) is 13.2 Å². The van der Waals surface area contributed by atoms with Gasteiger partial charge in [-0.25, -0.2) is 9.97 Å². The predicted molar refractivity (Wildman–Crippen MR) is 48.7 cm³/mol. The van der Waals surface area contributed by atoms with E-state index in [1.54, 1.807) is 0 Å². The van der Waals surface area contributed by atoms with Gasteiger partial charge in [-0.1, -0.05) is 11.6 Å². The van der Waals surface area contributed by atoms with Crippen molar-refractivity contribution in [3.63, 3.8) is 0 Å². The van der Waals surface area contributed by atoms with Crippen molar-refractivity contribution in [1.82, 2.24) is 9.97 Å². The summed E-state index contributed by atoms with van der Waals surface area (Å²) in [6.45, 7) is 0. The van der Waals surface area contributed by atoms with Gasteiger partial charge in [0.15, 0.2) is 0 Å². The quantitative estimate of drug-likeness (QED) is 0.647. The highest BCUT2D eigenvalue weighted by atomic mass is 35.5. The summed E-state index contributed by atoms with van der Waals surface area (Å²) in [6.07, 6.45) is -1.50. The third-order valence-corrected chi connectivity index (χ3v) is 2.70. The van der Waals surface area contributed by atoms with Crippen molar-refractivity contribution < 1.29 is 13.2 Å². The Morgan fingerprint density at radius 2 is 1.73 bits per heavy atom. The van der Waals surface area contributed by atoms with E-state index in [0.29, 0.717) is 24.1 Å². The molecule has 0 radical (unpaired) electrons. The van der Waals surface area contributed by atoms with Crippen LogP contribution < -0.4 is 0 Å². The second-order valence-electron chi connectivity index (χ2n) is 3.47. The van der Waals surface area contributed by atoms with E-state index < -0.39 is 12.0 Å². The SMILES string of the molecule is FC(F)(F)c1nc(Cl)c2c(n1)CCCC2. The number of hydrogen-bond donors (Lipinski definition) is 0. The molecule has 0 aliphatic heterocycles. The fourth-order valence-corrected chi connectivity index (χ4v) is 1.96. The van der Waals surface area contributed by atoms with Crippen LogP contribution in [0.1, 0.15) is 29.9 Å². The minimum Gasteiger partial charge on any atom is -0.229 e. The van der Waals surface area contributed by atoms with E-state index in [-0.39, 0.29) is 5.15 Å². The number of rotatable bonds is 0. The number of fused-ring (bicyclic) bond motifs is 1. The Morgan fingerprint density at radius 1 is 1.07 bits per heavy atom. The summed E-state index contributed by atoms with van der Waals surface area (Å²) in [5.74, 6) is -1.13. The lowest BCUT2D eigenvalue weighted by atomic mass is 9.97. The first kappa shape index (κ1) is 10.7. The van der Waals surface area contributed by atoms with E-state index in [4.69, 9.17) is 11.6 Å². The van der Waals surface area contributed by atoms with Gasteiger partial charge < -0.3 is 0 Å². The molecular formula is C9H8ClF3N2. The Morgan fingerprint density at radius 3 is 2.40 bits per heavy atom. The average molecular weight is 237 g/mol. The van der Waals surface area contributed by atoms with Gasteiger partial charge in [-0.15, -0.1) is 0 Å². The van der Waals surface area contributed by atoms with E-state index in [0.717, 1.165) is 12.8 Å². The lowest BCUT2D eigenvalue weighted by Crippen LogP contribution is -2.16. The standard InChI is InChI=1S/C9H8ClF3N2/c10-7-5-3-1-2-4-6(5)14-8(15-7)9(11,12)13/h1-4H2. The zero-order valence-electron chi connectivity index (χ0n) is 7.73. The maximum atomic E-state index is 12.4. The smallest absolute Gasteiger partial charge is 0.229 e. The van der Waals surface area contributed by atoms with Crippen molar-refractivity contribution in [2.45, 2.75) is 31.9 Å². The second-order valence-corrected chi connectivity index (χ2v) is 3.83. The van der Waals surface area contributed by atoms with E-state index in [2.05, 4.69) is 9.97 Å².